The molecule has 1 N–H and O–H groups in total. The molecular weight excluding hydrogens is 297 g/mol. The first-order chi connectivity index (χ1) is 11.1. The van der Waals surface area contributed by atoms with Gasteiger partial charge in [0.05, 0.1) is 17.5 Å². The van der Waals surface area contributed by atoms with E-state index >= 15 is 0 Å². The van der Waals surface area contributed by atoms with Gasteiger partial charge in [0, 0.05) is 5.56 Å². The van der Waals surface area contributed by atoms with Gasteiger partial charge in [0.2, 0.25) is 0 Å². The summed E-state index contributed by atoms with van der Waals surface area (Å²) < 4.78 is 18.8. The summed E-state index contributed by atoms with van der Waals surface area (Å²) in [5.74, 6) is -0.316. The molecule has 3 aromatic rings. The van der Waals surface area contributed by atoms with Crippen molar-refractivity contribution in [1.29, 1.82) is 0 Å². The quantitative estimate of drug-likeness (QED) is 0.720. The molecule has 0 saturated carbocycles. The SMILES string of the molecule is O=C(O)c1cccc(N=Cc2ccc(-c3cccc(F)c3)o2)c1. The van der Waals surface area contributed by atoms with Crippen LogP contribution in [-0.4, -0.2) is 17.3 Å². The van der Waals surface area contributed by atoms with Crippen molar-refractivity contribution in [3.63, 3.8) is 0 Å². The summed E-state index contributed by atoms with van der Waals surface area (Å²) in [6.45, 7) is 0. The lowest BCUT2D eigenvalue weighted by Crippen LogP contribution is -1.94. The van der Waals surface area contributed by atoms with Gasteiger partial charge in [0.25, 0.3) is 0 Å². The van der Waals surface area contributed by atoms with Crippen molar-refractivity contribution in [3.05, 3.63) is 77.8 Å². The first-order valence-corrected chi connectivity index (χ1v) is 6.85. The van der Waals surface area contributed by atoms with Crippen LogP contribution >= 0.6 is 0 Å². The smallest absolute Gasteiger partial charge is 0.335 e. The van der Waals surface area contributed by atoms with Crippen LogP contribution in [0.2, 0.25) is 0 Å². The third-order valence-corrected chi connectivity index (χ3v) is 3.17. The van der Waals surface area contributed by atoms with Crippen molar-refractivity contribution in [2.75, 3.05) is 0 Å². The Balaban J connectivity index is 1.81. The lowest BCUT2D eigenvalue weighted by atomic mass is 10.2. The number of rotatable bonds is 4. The van der Waals surface area contributed by atoms with Gasteiger partial charge in [-0.1, -0.05) is 18.2 Å². The van der Waals surface area contributed by atoms with E-state index in [0.29, 0.717) is 22.8 Å². The van der Waals surface area contributed by atoms with Crippen LogP contribution in [0, 0.1) is 5.82 Å². The third-order valence-electron chi connectivity index (χ3n) is 3.17. The maximum Gasteiger partial charge on any atom is 0.335 e. The molecule has 0 amide bonds. The standard InChI is InChI=1S/C18H12FNO3/c19-14-5-1-3-12(9-14)17-8-7-16(23-17)11-20-15-6-2-4-13(10-15)18(21)22/h1-11H,(H,21,22). The number of aromatic carboxylic acids is 1. The lowest BCUT2D eigenvalue weighted by molar-refractivity contribution is 0.0697. The highest BCUT2D eigenvalue weighted by Crippen LogP contribution is 2.22. The van der Waals surface area contributed by atoms with E-state index in [-0.39, 0.29) is 11.4 Å². The van der Waals surface area contributed by atoms with Crippen LogP contribution in [0.25, 0.3) is 11.3 Å². The molecule has 2 aromatic carbocycles. The minimum absolute atomic E-state index is 0.166. The Bertz CT molecular complexity index is 883. The molecule has 5 heteroatoms. The molecule has 0 atom stereocenters. The molecule has 0 spiro atoms. The Kier molecular flexibility index (Phi) is 4.01. The number of furan rings is 1. The normalized spacial score (nSPS) is 11.0. The second-order valence-corrected chi connectivity index (χ2v) is 4.83. The van der Waals surface area contributed by atoms with Crippen molar-refractivity contribution in [2.24, 2.45) is 4.99 Å². The number of carboxylic acids is 1. The van der Waals surface area contributed by atoms with E-state index < -0.39 is 5.97 Å². The predicted octanol–water partition coefficient (Wildman–Crippen LogP) is 4.53. The third kappa shape index (κ3) is 3.52. The molecule has 0 bridgehead atoms. The highest BCUT2D eigenvalue weighted by Gasteiger charge is 2.05. The fourth-order valence-corrected chi connectivity index (χ4v) is 2.08. The first-order valence-electron chi connectivity index (χ1n) is 6.85. The lowest BCUT2D eigenvalue weighted by Gasteiger charge is -1.97. The molecule has 23 heavy (non-hydrogen) atoms. The van der Waals surface area contributed by atoms with Crippen molar-refractivity contribution < 1.29 is 18.7 Å². The van der Waals surface area contributed by atoms with E-state index in [1.165, 1.54) is 30.5 Å². The maximum absolute atomic E-state index is 13.2. The molecule has 1 aromatic heterocycles. The van der Waals surface area contributed by atoms with E-state index in [0.717, 1.165) is 0 Å². The zero-order chi connectivity index (χ0) is 16.2. The Labute approximate surface area is 131 Å². The van der Waals surface area contributed by atoms with Gasteiger partial charge in [-0.3, -0.25) is 4.99 Å². The predicted molar refractivity (Wildman–Crippen MR) is 84.8 cm³/mol. The highest BCUT2D eigenvalue weighted by atomic mass is 19.1. The van der Waals surface area contributed by atoms with Crippen molar-refractivity contribution in [1.82, 2.24) is 0 Å². The summed E-state index contributed by atoms with van der Waals surface area (Å²) in [5.41, 5.74) is 1.31. The molecule has 0 aliphatic heterocycles. The fourth-order valence-electron chi connectivity index (χ4n) is 2.08. The molecule has 1 heterocycles. The van der Waals surface area contributed by atoms with Gasteiger partial charge in [0.1, 0.15) is 17.3 Å². The summed E-state index contributed by atoms with van der Waals surface area (Å²) in [7, 11) is 0. The summed E-state index contributed by atoms with van der Waals surface area (Å²) in [4.78, 5) is 15.1. The Hall–Kier alpha value is -3.21. The minimum Gasteiger partial charge on any atom is -0.478 e. The highest BCUT2D eigenvalue weighted by molar-refractivity contribution is 5.89. The van der Waals surface area contributed by atoms with Crippen LogP contribution in [-0.2, 0) is 0 Å². The van der Waals surface area contributed by atoms with E-state index in [2.05, 4.69) is 4.99 Å². The second-order valence-electron chi connectivity index (χ2n) is 4.83. The molecule has 114 valence electrons. The Morgan fingerprint density at radius 1 is 1.09 bits per heavy atom. The van der Waals surface area contributed by atoms with Gasteiger partial charge in [-0.05, 0) is 42.5 Å². The maximum atomic E-state index is 13.2. The second kappa shape index (κ2) is 6.27. The topological polar surface area (TPSA) is 62.8 Å². The number of nitrogens with zero attached hydrogens (tertiary/aromatic N) is 1. The van der Waals surface area contributed by atoms with Gasteiger partial charge < -0.3 is 9.52 Å². The molecular formula is C18H12FNO3. The molecule has 0 aliphatic rings. The minimum atomic E-state index is -1.01. The van der Waals surface area contributed by atoms with Crippen LogP contribution < -0.4 is 0 Å². The fraction of sp³-hybridized carbons (Fsp3) is 0. The molecule has 4 nitrogen and oxygen atoms in total. The van der Waals surface area contributed by atoms with Crippen molar-refractivity contribution >= 4 is 17.9 Å². The average Bonchev–Trinajstić information content (AvgIpc) is 3.02. The summed E-state index contributed by atoms with van der Waals surface area (Å²) in [5, 5.41) is 8.95. The average molecular weight is 309 g/mol. The molecule has 0 saturated heterocycles. The van der Waals surface area contributed by atoms with Crippen LogP contribution in [0.3, 0.4) is 0 Å². The molecule has 0 aliphatic carbocycles. The largest absolute Gasteiger partial charge is 0.478 e. The van der Waals surface area contributed by atoms with E-state index in [9.17, 15) is 9.18 Å². The zero-order valence-electron chi connectivity index (χ0n) is 11.9. The van der Waals surface area contributed by atoms with Crippen LogP contribution in [0.4, 0.5) is 10.1 Å². The number of aliphatic imine (C=N–C) groups is 1. The van der Waals surface area contributed by atoms with E-state index in [4.69, 9.17) is 9.52 Å². The summed E-state index contributed by atoms with van der Waals surface area (Å²) >= 11 is 0. The Morgan fingerprint density at radius 2 is 1.91 bits per heavy atom. The van der Waals surface area contributed by atoms with Crippen LogP contribution in [0.15, 0.2) is 70.1 Å². The zero-order valence-corrected chi connectivity index (χ0v) is 11.9. The number of carboxylic acid groups (broad SMARTS) is 1. The van der Waals surface area contributed by atoms with E-state index in [1.807, 2.05) is 0 Å². The molecule has 0 radical (unpaired) electrons. The number of halogens is 1. The van der Waals surface area contributed by atoms with E-state index in [1.54, 1.807) is 36.4 Å². The number of hydrogen-bond acceptors (Lipinski definition) is 3. The number of carbonyl (C=O) groups is 1. The van der Waals surface area contributed by atoms with Crippen molar-refractivity contribution in [2.45, 2.75) is 0 Å². The molecule has 0 unspecified atom stereocenters. The van der Waals surface area contributed by atoms with Gasteiger partial charge in [-0.25, -0.2) is 9.18 Å². The van der Waals surface area contributed by atoms with Gasteiger partial charge >= 0.3 is 5.97 Å². The molecule has 3 rings (SSSR count). The summed E-state index contributed by atoms with van der Waals surface area (Å²) in [6.07, 6.45) is 1.49. The Morgan fingerprint density at radius 3 is 2.70 bits per heavy atom. The van der Waals surface area contributed by atoms with Crippen molar-refractivity contribution in [3.8, 4) is 11.3 Å². The van der Waals surface area contributed by atoms with Crippen LogP contribution in [0.1, 0.15) is 16.1 Å². The monoisotopic (exact) mass is 309 g/mol. The van der Waals surface area contributed by atoms with Gasteiger partial charge in [0.15, 0.2) is 0 Å². The summed E-state index contributed by atoms with van der Waals surface area (Å²) in [6, 6.07) is 15.8. The molecule has 0 fully saturated rings. The first kappa shape index (κ1) is 14.7. The number of hydrogen-bond donors (Lipinski definition) is 1. The van der Waals surface area contributed by atoms with Crippen LogP contribution in [0.5, 0.6) is 0 Å². The van der Waals surface area contributed by atoms with Gasteiger partial charge in [-0.15, -0.1) is 0 Å². The number of benzene rings is 2. The van der Waals surface area contributed by atoms with Gasteiger partial charge in [-0.2, -0.15) is 0 Å².